The lowest BCUT2D eigenvalue weighted by Crippen LogP contribution is -2.01. The van der Waals surface area contributed by atoms with Gasteiger partial charge in [-0.05, 0) is 60.0 Å². The van der Waals surface area contributed by atoms with E-state index in [0.29, 0.717) is 5.82 Å². The second-order valence-corrected chi connectivity index (χ2v) is 9.44. The maximum absolute atomic E-state index is 14.4. The minimum atomic E-state index is -3.29. The van der Waals surface area contributed by atoms with E-state index in [-0.39, 0.29) is 15.5 Å². The first-order valence-electron chi connectivity index (χ1n) is 9.15. The van der Waals surface area contributed by atoms with Gasteiger partial charge in [0.2, 0.25) is 0 Å². The first-order valence-corrected chi connectivity index (χ1v) is 11.4. The first kappa shape index (κ1) is 20.3. The highest BCUT2D eigenvalue weighted by Gasteiger charge is 2.17. The lowest BCUT2D eigenvalue weighted by molar-refractivity contribution is 0.602. The standard InChI is InChI=1S/C23H18ClFN2O2S/c1-15-13-17(16-5-3-6-18(14-16)30(2,28)29)9-10-21(15)27-12-11-26-23(27)22-19(24)7-4-8-20(22)25/h3-14H,1-2H3. The third kappa shape index (κ3) is 3.76. The fourth-order valence-corrected chi connectivity index (χ4v) is 4.32. The van der Waals surface area contributed by atoms with Crippen LogP contribution in [0.2, 0.25) is 5.02 Å². The summed E-state index contributed by atoms with van der Waals surface area (Å²) in [5, 5.41) is 0.286. The zero-order valence-corrected chi connectivity index (χ0v) is 17.9. The van der Waals surface area contributed by atoms with Crippen molar-refractivity contribution in [1.82, 2.24) is 9.55 Å². The third-order valence-electron chi connectivity index (χ3n) is 4.88. The van der Waals surface area contributed by atoms with E-state index in [1.807, 2.05) is 31.2 Å². The van der Waals surface area contributed by atoms with E-state index in [1.165, 1.54) is 12.3 Å². The Morgan fingerprint density at radius 2 is 1.73 bits per heavy atom. The Morgan fingerprint density at radius 3 is 2.43 bits per heavy atom. The quantitative estimate of drug-likeness (QED) is 0.408. The first-order chi connectivity index (χ1) is 14.3. The molecule has 0 saturated heterocycles. The van der Waals surface area contributed by atoms with Gasteiger partial charge in [-0.3, -0.25) is 4.57 Å². The van der Waals surface area contributed by atoms with E-state index in [2.05, 4.69) is 4.98 Å². The van der Waals surface area contributed by atoms with Crippen molar-refractivity contribution < 1.29 is 12.8 Å². The molecular formula is C23H18ClFN2O2S. The molecule has 30 heavy (non-hydrogen) atoms. The summed E-state index contributed by atoms with van der Waals surface area (Å²) < 4.78 is 40.0. The predicted molar refractivity (Wildman–Crippen MR) is 117 cm³/mol. The number of sulfone groups is 1. The lowest BCUT2D eigenvalue weighted by atomic mass is 10.0. The van der Waals surface area contributed by atoms with Gasteiger partial charge in [0.25, 0.3) is 0 Å². The zero-order valence-electron chi connectivity index (χ0n) is 16.3. The Balaban J connectivity index is 1.79. The van der Waals surface area contributed by atoms with Crippen LogP contribution in [-0.2, 0) is 9.84 Å². The van der Waals surface area contributed by atoms with Crippen molar-refractivity contribution in [3.05, 3.63) is 89.5 Å². The number of nitrogens with zero attached hydrogens (tertiary/aromatic N) is 2. The van der Waals surface area contributed by atoms with Gasteiger partial charge in [-0.1, -0.05) is 35.9 Å². The molecule has 0 bridgehead atoms. The fraction of sp³-hybridized carbons (Fsp3) is 0.0870. The van der Waals surface area contributed by atoms with E-state index in [9.17, 15) is 12.8 Å². The molecule has 0 unspecified atom stereocenters. The molecule has 0 aliphatic heterocycles. The van der Waals surface area contributed by atoms with Crippen LogP contribution in [0, 0.1) is 12.7 Å². The maximum atomic E-state index is 14.4. The highest BCUT2D eigenvalue weighted by Crippen LogP contribution is 2.33. The van der Waals surface area contributed by atoms with Crippen LogP contribution in [0.25, 0.3) is 28.2 Å². The number of rotatable bonds is 4. The van der Waals surface area contributed by atoms with Crippen LogP contribution in [0.1, 0.15) is 5.56 Å². The molecule has 0 spiro atoms. The molecule has 0 amide bonds. The van der Waals surface area contributed by atoms with Gasteiger partial charge >= 0.3 is 0 Å². The molecule has 0 aliphatic rings. The molecule has 7 heteroatoms. The topological polar surface area (TPSA) is 52.0 Å². The highest BCUT2D eigenvalue weighted by atomic mass is 35.5. The molecule has 152 valence electrons. The molecule has 4 aromatic rings. The van der Waals surface area contributed by atoms with Gasteiger partial charge in [0.1, 0.15) is 11.6 Å². The van der Waals surface area contributed by atoms with Crippen molar-refractivity contribution in [2.45, 2.75) is 11.8 Å². The van der Waals surface area contributed by atoms with Crippen LogP contribution in [0.4, 0.5) is 4.39 Å². The molecule has 4 rings (SSSR count). The van der Waals surface area contributed by atoms with Crippen molar-refractivity contribution in [2.24, 2.45) is 0 Å². The second-order valence-electron chi connectivity index (χ2n) is 7.02. The molecule has 0 aliphatic carbocycles. The number of aryl methyl sites for hydroxylation is 1. The number of hydrogen-bond donors (Lipinski definition) is 0. The molecule has 1 heterocycles. The average molecular weight is 441 g/mol. The second kappa shape index (κ2) is 7.70. The number of benzene rings is 3. The van der Waals surface area contributed by atoms with Gasteiger partial charge in [-0.25, -0.2) is 17.8 Å². The number of halogens is 2. The molecule has 0 N–H and O–H groups in total. The van der Waals surface area contributed by atoms with Crippen molar-refractivity contribution in [3.63, 3.8) is 0 Å². The van der Waals surface area contributed by atoms with Crippen LogP contribution >= 0.6 is 11.6 Å². The van der Waals surface area contributed by atoms with Crippen LogP contribution in [-0.4, -0.2) is 24.2 Å². The number of hydrogen-bond acceptors (Lipinski definition) is 3. The molecule has 0 saturated carbocycles. The normalized spacial score (nSPS) is 11.6. The lowest BCUT2D eigenvalue weighted by Gasteiger charge is -2.14. The summed E-state index contributed by atoms with van der Waals surface area (Å²) in [7, 11) is -3.29. The van der Waals surface area contributed by atoms with Gasteiger partial charge in [0.15, 0.2) is 9.84 Å². The van der Waals surface area contributed by atoms with Crippen molar-refractivity contribution in [1.29, 1.82) is 0 Å². The van der Waals surface area contributed by atoms with E-state index >= 15 is 0 Å². The molecule has 0 atom stereocenters. The smallest absolute Gasteiger partial charge is 0.175 e. The van der Waals surface area contributed by atoms with E-state index in [4.69, 9.17) is 11.6 Å². The minimum absolute atomic E-state index is 0.244. The molecule has 4 nitrogen and oxygen atoms in total. The highest BCUT2D eigenvalue weighted by molar-refractivity contribution is 7.90. The SMILES string of the molecule is Cc1cc(-c2cccc(S(C)(=O)=O)c2)ccc1-n1ccnc1-c1c(F)cccc1Cl. The fourth-order valence-electron chi connectivity index (χ4n) is 3.41. The Hall–Kier alpha value is -2.96. The Kier molecular flexibility index (Phi) is 5.22. The van der Waals surface area contributed by atoms with Crippen molar-refractivity contribution in [3.8, 4) is 28.2 Å². The monoisotopic (exact) mass is 440 g/mol. The van der Waals surface area contributed by atoms with Gasteiger partial charge in [-0.15, -0.1) is 0 Å². The number of imidazole rings is 1. The van der Waals surface area contributed by atoms with Gasteiger partial charge in [0.05, 0.1) is 21.2 Å². The number of aromatic nitrogens is 2. The van der Waals surface area contributed by atoms with Crippen LogP contribution < -0.4 is 0 Å². The Morgan fingerprint density at radius 1 is 1.00 bits per heavy atom. The van der Waals surface area contributed by atoms with Crippen LogP contribution in [0.5, 0.6) is 0 Å². The molecule has 1 aromatic heterocycles. The minimum Gasteiger partial charge on any atom is -0.299 e. The summed E-state index contributed by atoms with van der Waals surface area (Å²) in [5.41, 5.74) is 3.67. The van der Waals surface area contributed by atoms with Crippen molar-refractivity contribution >= 4 is 21.4 Å². The van der Waals surface area contributed by atoms with Gasteiger partial charge < -0.3 is 0 Å². The predicted octanol–water partition coefficient (Wildman–Crippen LogP) is 5.71. The molecular weight excluding hydrogens is 423 g/mol. The zero-order chi connectivity index (χ0) is 21.5. The van der Waals surface area contributed by atoms with E-state index in [1.54, 1.807) is 47.3 Å². The third-order valence-corrected chi connectivity index (χ3v) is 6.30. The Bertz CT molecular complexity index is 1340. The molecule has 0 radical (unpaired) electrons. The van der Waals surface area contributed by atoms with Crippen molar-refractivity contribution in [2.75, 3.05) is 6.26 Å². The van der Waals surface area contributed by atoms with E-state index in [0.717, 1.165) is 22.4 Å². The summed E-state index contributed by atoms with van der Waals surface area (Å²) in [6, 6.07) is 17.1. The largest absolute Gasteiger partial charge is 0.299 e. The summed E-state index contributed by atoms with van der Waals surface area (Å²) in [4.78, 5) is 4.59. The molecule has 3 aromatic carbocycles. The summed E-state index contributed by atoms with van der Waals surface area (Å²) in [5.74, 6) is -0.0326. The van der Waals surface area contributed by atoms with Gasteiger partial charge in [0, 0.05) is 18.6 Å². The summed E-state index contributed by atoms with van der Waals surface area (Å²) in [6.45, 7) is 1.94. The Labute approximate surface area is 179 Å². The summed E-state index contributed by atoms with van der Waals surface area (Å²) in [6.07, 6.45) is 4.54. The maximum Gasteiger partial charge on any atom is 0.175 e. The average Bonchev–Trinajstić information content (AvgIpc) is 3.16. The molecule has 0 fully saturated rings. The van der Waals surface area contributed by atoms with E-state index < -0.39 is 15.7 Å². The van der Waals surface area contributed by atoms with Crippen LogP contribution in [0.3, 0.4) is 0 Å². The van der Waals surface area contributed by atoms with Gasteiger partial charge in [-0.2, -0.15) is 0 Å². The summed E-state index contributed by atoms with van der Waals surface area (Å²) >= 11 is 6.23. The van der Waals surface area contributed by atoms with Crippen LogP contribution in [0.15, 0.2) is 78.0 Å².